The zero-order chi connectivity index (χ0) is 18.9. The minimum atomic E-state index is -0.869. The lowest BCUT2D eigenvalue weighted by Crippen LogP contribution is -2.44. The molecule has 0 bridgehead atoms. The third kappa shape index (κ3) is 6.33. The summed E-state index contributed by atoms with van der Waals surface area (Å²) in [5, 5.41) is 3.52. The molecule has 0 radical (unpaired) electrons. The van der Waals surface area contributed by atoms with Gasteiger partial charge in [0.05, 0.1) is 13.7 Å². The highest BCUT2D eigenvalue weighted by Crippen LogP contribution is 2.22. The Morgan fingerprint density at radius 2 is 1.85 bits per heavy atom. The van der Waals surface area contributed by atoms with Gasteiger partial charge in [0, 0.05) is 16.5 Å². The maximum absolute atomic E-state index is 12.1. The number of methoxy groups -OCH3 is 1. The van der Waals surface area contributed by atoms with Crippen LogP contribution in [0.25, 0.3) is 0 Å². The van der Waals surface area contributed by atoms with E-state index in [1.165, 1.54) is 7.11 Å². The molecule has 26 heavy (non-hydrogen) atoms. The summed E-state index contributed by atoms with van der Waals surface area (Å²) in [6, 6.07) is 13.6. The average molecular weight is 396 g/mol. The maximum Gasteiger partial charge on any atom is 0.328 e. The van der Waals surface area contributed by atoms with E-state index in [0.29, 0.717) is 22.2 Å². The minimum Gasteiger partial charge on any atom is -0.467 e. The Kier molecular flexibility index (Phi) is 7.91. The van der Waals surface area contributed by atoms with Crippen molar-refractivity contribution in [1.82, 2.24) is 5.32 Å². The highest BCUT2D eigenvalue weighted by atomic mass is 35.5. The van der Waals surface area contributed by atoms with Crippen LogP contribution >= 0.6 is 23.2 Å². The summed E-state index contributed by atoms with van der Waals surface area (Å²) in [5.74, 6) is -0.978. The molecule has 0 spiro atoms. The second-order valence-electron chi connectivity index (χ2n) is 5.56. The van der Waals surface area contributed by atoms with Gasteiger partial charge in [-0.3, -0.25) is 4.79 Å². The van der Waals surface area contributed by atoms with Gasteiger partial charge in [-0.05, 0) is 23.3 Å². The highest BCUT2D eigenvalue weighted by Gasteiger charge is 2.23. The number of amides is 1. The number of carbonyl (C=O) groups is 2. The number of esters is 1. The summed E-state index contributed by atoms with van der Waals surface area (Å²) in [5.41, 5.74) is 1.63. The largest absolute Gasteiger partial charge is 0.467 e. The molecule has 0 heterocycles. The van der Waals surface area contributed by atoms with Gasteiger partial charge in [-0.25, -0.2) is 4.79 Å². The van der Waals surface area contributed by atoms with Crippen LogP contribution < -0.4 is 5.32 Å². The summed E-state index contributed by atoms with van der Waals surface area (Å²) in [4.78, 5) is 24.1. The highest BCUT2D eigenvalue weighted by molar-refractivity contribution is 6.35. The number of hydrogen-bond acceptors (Lipinski definition) is 4. The lowest BCUT2D eigenvalue weighted by Gasteiger charge is -2.17. The van der Waals surface area contributed by atoms with Crippen LogP contribution in [0.4, 0.5) is 0 Å². The van der Waals surface area contributed by atoms with Crippen LogP contribution in [0, 0.1) is 0 Å². The molecule has 1 amide bonds. The topological polar surface area (TPSA) is 64.6 Å². The minimum absolute atomic E-state index is 0.170. The Morgan fingerprint density at radius 1 is 1.12 bits per heavy atom. The fourth-order valence-corrected chi connectivity index (χ4v) is 2.80. The predicted molar refractivity (Wildman–Crippen MR) is 100 cm³/mol. The van der Waals surface area contributed by atoms with Crippen molar-refractivity contribution < 1.29 is 19.1 Å². The summed E-state index contributed by atoms with van der Waals surface area (Å²) >= 11 is 12.0. The van der Waals surface area contributed by atoms with Crippen LogP contribution in [-0.4, -0.2) is 31.6 Å². The van der Waals surface area contributed by atoms with Gasteiger partial charge in [0.2, 0.25) is 5.91 Å². The first-order valence-corrected chi connectivity index (χ1v) is 8.68. The number of halogens is 2. The summed E-state index contributed by atoms with van der Waals surface area (Å²) < 4.78 is 10.1. The summed E-state index contributed by atoms with van der Waals surface area (Å²) in [6.07, 6.45) is 0.188. The second kappa shape index (κ2) is 10.2. The molecule has 0 saturated carbocycles. The van der Waals surface area contributed by atoms with Crippen molar-refractivity contribution >= 4 is 35.1 Å². The molecule has 1 atom stereocenters. The van der Waals surface area contributed by atoms with E-state index in [1.807, 2.05) is 30.3 Å². The smallest absolute Gasteiger partial charge is 0.328 e. The molecule has 7 heteroatoms. The van der Waals surface area contributed by atoms with Gasteiger partial charge >= 0.3 is 5.97 Å². The van der Waals surface area contributed by atoms with E-state index >= 15 is 0 Å². The van der Waals surface area contributed by atoms with E-state index in [2.05, 4.69) is 5.32 Å². The Balaban J connectivity index is 1.92. The summed E-state index contributed by atoms with van der Waals surface area (Å²) in [7, 11) is 1.26. The molecule has 2 aromatic carbocycles. The molecule has 0 saturated heterocycles. The molecule has 1 N–H and O–H groups in total. The number of rotatable bonds is 8. The van der Waals surface area contributed by atoms with E-state index in [0.717, 1.165) is 5.56 Å². The molecule has 0 unspecified atom stereocenters. The van der Waals surface area contributed by atoms with Crippen molar-refractivity contribution in [2.75, 3.05) is 13.7 Å². The number of hydrogen-bond donors (Lipinski definition) is 1. The lowest BCUT2D eigenvalue weighted by molar-refractivity contribution is -0.145. The van der Waals surface area contributed by atoms with Gasteiger partial charge in [-0.1, -0.05) is 59.6 Å². The van der Waals surface area contributed by atoms with E-state index in [9.17, 15) is 9.59 Å². The Bertz CT molecular complexity index is 752. The average Bonchev–Trinajstić information content (AvgIpc) is 2.63. The molecule has 2 aromatic rings. The molecule has 0 aliphatic carbocycles. The zero-order valence-corrected chi connectivity index (χ0v) is 15.7. The van der Waals surface area contributed by atoms with Crippen LogP contribution in [0.2, 0.25) is 10.0 Å². The third-order valence-corrected chi connectivity index (χ3v) is 4.19. The monoisotopic (exact) mass is 395 g/mol. The van der Waals surface area contributed by atoms with Crippen LogP contribution in [0.1, 0.15) is 11.1 Å². The first kappa shape index (κ1) is 20.2. The summed E-state index contributed by atoms with van der Waals surface area (Å²) in [6.45, 7) is 0.136. The number of carbonyl (C=O) groups excluding carboxylic acids is 2. The fourth-order valence-electron chi connectivity index (χ4n) is 2.31. The quantitative estimate of drug-likeness (QED) is 0.695. The molecule has 138 valence electrons. The number of benzene rings is 2. The van der Waals surface area contributed by atoms with E-state index in [1.54, 1.807) is 18.2 Å². The first-order chi connectivity index (χ1) is 12.5. The second-order valence-corrected chi connectivity index (χ2v) is 6.41. The zero-order valence-electron chi connectivity index (χ0n) is 14.2. The predicted octanol–water partition coefficient (Wildman–Crippen LogP) is 3.41. The molecule has 0 aliphatic heterocycles. The SMILES string of the molecule is COC(=O)[C@H](Cc1ccc(Cl)cc1Cl)NC(=O)COCc1ccccc1. The molecule has 0 aromatic heterocycles. The van der Waals surface area contributed by atoms with Gasteiger partial charge in [0.1, 0.15) is 12.6 Å². The van der Waals surface area contributed by atoms with E-state index in [-0.39, 0.29) is 13.0 Å². The molecular formula is C19H19Cl2NO4. The molecule has 5 nitrogen and oxygen atoms in total. The normalized spacial score (nSPS) is 11.7. The van der Waals surface area contributed by atoms with Gasteiger partial charge < -0.3 is 14.8 Å². The van der Waals surface area contributed by atoms with Gasteiger partial charge in [-0.15, -0.1) is 0 Å². The first-order valence-electron chi connectivity index (χ1n) is 7.92. The fraction of sp³-hybridized carbons (Fsp3) is 0.263. The Morgan fingerprint density at radius 3 is 2.50 bits per heavy atom. The van der Waals surface area contributed by atoms with Gasteiger partial charge in [0.15, 0.2) is 0 Å². The lowest BCUT2D eigenvalue weighted by atomic mass is 10.1. The van der Waals surface area contributed by atoms with Crippen molar-refractivity contribution in [2.24, 2.45) is 0 Å². The van der Waals surface area contributed by atoms with Crippen molar-refractivity contribution in [1.29, 1.82) is 0 Å². The van der Waals surface area contributed by atoms with Crippen molar-refractivity contribution in [3.05, 3.63) is 69.7 Å². The molecule has 2 rings (SSSR count). The Hall–Kier alpha value is -2.08. The standard InChI is InChI=1S/C19H19Cl2NO4/c1-25-19(24)17(9-14-7-8-15(20)10-16(14)21)22-18(23)12-26-11-13-5-3-2-4-6-13/h2-8,10,17H,9,11-12H2,1H3,(H,22,23)/t17-/m0/s1. The van der Waals surface area contributed by atoms with Crippen LogP contribution in [0.3, 0.4) is 0 Å². The molecule has 0 aliphatic rings. The number of ether oxygens (including phenoxy) is 2. The van der Waals surface area contributed by atoms with Crippen molar-refractivity contribution in [2.45, 2.75) is 19.1 Å². The number of nitrogens with one attached hydrogen (secondary N) is 1. The van der Waals surface area contributed by atoms with Crippen LogP contribution in [0.5, 0.6) is 0 Å². The van der Waals surface area contributed by atoms with Gasteiger partial charge in [0.25, 0.3) is 0 Å². The third-order valence-electron chi connectivity index (χ3n) is 3.60. The Labute approximate surface area is 162 Å². The van der Waals surface area contributed by atoms with Crippen molar-refractivity contribution in [3.8, 4) is 0 Å². The van der Waals surface area contributed by atoms with Crippen LogP contribution in [-0.2, 0) is 32.1 Å². The molecule has 0 fully saturated rings. The van der Waals surface area contributed by atoms with Gasteiger partial charge in [-0.2, -0.15) is 0 Å². The van der Waals surface area contributed by atoms with E-state index < -0.39 is 17.9 Å². The van der Waals surface area contributed by atoms with Crippen LogP contribution in [0.15, 0.2) is 48.5 Å². The van der Waals surface area contributed by atoms with Crippen molar-refractivity contribution in [3.63, 3.8) is 0 Å². The molecular weight excluding hydrogens is 377 g/mol. The maximum atomic E-state index is 12.1. The van der Waals surface area contributed by atoms with E-state index in [4.69, 9.17) is 32.7 Å².